The number of para-hydroxylation sites is 1. The first-order chi connectivity index (χ1) is 20.4. The van der Waals surface area contributed by atoms with Crippen LogP contribution in [-0.2, 0) is 20.1 Å². The molecule has 8 heteroatoms. The number of hydrogen-bond acceptors (Lipinski definition) is 4. The van der Waals surface area contributed by atoms with Crippen LogP contribution in [-0.4, -0.2) is 32.4 Å². The number of aromatic carboxylic acids is 1. The molecule has 4 aromatic carbocycles. The molecule has 0 saturated heterocycles. The summed E-state index contributed by atoms with van der Waals surface area (Å²) >= 11 is 6.13. The number of ether oxygens (including phenoxy) is 2. The van der Waals surface area contributed by atoms with E-state index in [2.05, 4.69) is 17.1 Å². The van der Waals surface area contributed by atoms with Crippen molar-refractivity contribution in [2.24, 2.45) is 7.05 Å². The summed E-state index contributed by atoms with van der Waals surface area (Å²) in [6.07, 6.45) is 1.21. The molecule has 0 spiro atoms. The number of aryl methyl sites for hydroxylation is 2. The highest BCUT2D eigenvalue weighted by Crippen LogP contribution is 2.36. The second-order valence-electron chi connectivity index (χ2n) is 10.2. The summed E-state index contributed by atoms with van der Waals surface area (Å²) in [5.74, 6) is 0.484. The molecule has 0 radical (unpaired) electrons. The molecule has 0 aliphatic rings. The van der Waals surface area contributed by atoms with Crippen LogP contribution in [0.4, 0.5) is 0 Å². The van der Waals surface area contributed by atoms with Gasteiger partial charge in [-0.05, 0) is 55.0 Å². The minimum absolute atomic E-state index is 0.195. The number of nitrogens with zero attached hydrogens (tertiary/aromatic N) is 2. The van der Waals surface area contributed by atoms with Crippen molar-refractivity contribution in [3.8, 4) is 22.6 Å². The molecule has 0 atom stereocenters. The Hall–Kier alpha value is -4.75. The summed E-state index contributed by atoms with van der Waals surface area (Å²) in [5.41, 5.74) is 5.21. The molecule has 2 heterocycles. The molecule has 0 aliphatic carbocycles. The number of aromatic amines is 1. The van der Waals surface area contributed by atoms with Crippen LogP contribution in [0.25, 0.3) is 32.8 Å². The molecule has 6 aromatic rings. The molecule has 0 amide bonds. The maximum atomic E-state index is 12.4. The zero-order valence-electron chi connectivity index (χ0n) is 23.4. The molecule has 0 unspecified atom stereocenters. The molecule has 6 rings (SSSR count). The summed E-state index contributed by atoms with van der Waals surface area (Å²) in [5, 5.41) is 18.5. The second kappa shape index (κ2) is 11.6. The van der Waals surface area contributed by atoms with E-state index in [1.807, 2.05) is 79.3 Å². The van der Waals surface area contributed by atoms with E-state index in [1.165, 1.54) is 0 Å². The topological polar surface area (TPSA) is 89.4 Å². The smallest absolute Gasteiger partial charge is 0.352 e. The lowest BCUT2D eigenvalue weighted by Crippen LogP contribution is -2.04. The summed E-state index contributed by atoms with van der Waals surface area (Å²) < 4.78 is 14.0. The Balaban J connectivity index is 1.29. The lowest BCUT2D eigenvalue weighted by molar-refractivity contribution is 0.0690. The summed E-state index contributed by atoms with van der Waals surface area (Å²) in [6.45, 7) is 2.70. The van der Waals surface area contributed by atoms with E-state index in [1.54, 1.807) is 12.1 Å². The predicted molar refractivity (Wildman–Crippen MR) is 166 cm³/mol. The molecule has 7 nitrogen and oxygen atoms in total. The number of nitrogens with one attached hydrogen (secondary N) is 1. The zero-order chi connectivity index (χ0) is 29.2. The van der Waals surface area contributed by atoms with Crippen molar-refractivity contribution in [2.75, 3.05) is 6.61 Å². The molecule has 42 heavy (non-hydrogen) atoms. The maximum Gasteiger partial charge on any atom is 0.352 e. The summed E-state index contributed by atoms with van der Waals surface area (Å²) in [4.78, 5) is 15.6. The van der Waals surface area contributed by atoms with E-state index in [0.29, 0.717) is 30.2 Å². The Bertz CT molecular complexity index is 1920. The van der Waals surface area contributed by atoms with Gasteiger partial charge in [-0.25, -0.2) is 4.79 Å². The van der Waals surface area contributed by atoms with Crippen LogP contribution in [0.3, 0.4) is 0 Å². The number of carboxylic acid groups (broad SMARTS) is 1. The maximum absolute atomic E-state index is 12.4. The first-order valence-electron chi connectivity index (χ1n) is 13.8. The van der Waals surface area contributed by atoms with E-state index < -0.39 is 5.97 Å². The molecular formula is C34H30ClN3O4. The van der Waals surface area contributed by atoms with Crippen molar-refractivity contribution in [2.45, 2.75) is 26.4 Å². The second-order valence-corrected chi connectivity index (χ2v) is 10.7. The van der Waals surface area contributed by atoms with Crippen LogP contribution < -0.4 is 9.47 Å². The Labute approximate surface area is 248 Å². The number of halogens is 1. The first-order valence-corrected chi connectivity index (χ1v) is 14.2. The average molecular weight is 580 g/mol. The van der Waals surface area contributed by atoms with Gasteiger partial charge in [0.1, 0.15) is 29.5 Å². The molecular weight excluding hydrogens is 550 g/mol. The van der Waals surface area contributed by atoms with Crippen LogP contribution in [0.2, 0.25) is 5.02 Å². The van der Waals surface area contributed by atoms with E-state index in [9.17, 15) is 9.90 Å². The number of carbonyl (C=O) groups is 1. The predicted octanol–water partition coefficient (Wildman–Crippen LogP) is 7.97. The van der Waals surface area contributed by atoms with Crippen LogP contribution >= 0.6 is 11.6 Å². The van der Waals surface area contributed by atoms with Crippen LogP contribution in [0.15, 0.2) is 84.9 Å². The Kier molecular flexibility index (Phi) is 7.59. The minimum atomic E-state index is -0.991. The fraction of sp³-hybridized carbons (Fsp3) is 0.176. The number of hydrogen-bond donors (Lipinski definition) is 2. The third-order valence-electron chi connectivity index (χ3n) is 7.58. The van der Waals surface area contributed by atoms with Crippen LogP contribution in [0.5, 0.6) is 11.5 Å². The number of fused-ring (bicyclic) bond motifs is 2. The van der Waals surface area contributed by atoms with Gasteiger partial charge in [-0.2, -0.15) is 5.10 Å². The van der Waals surface area contributed by atoms with Crippen molar-refractivity contribution in [3.05, 3.63) is 113 Å². The van der Waals surface area contributed by atoms with Gasteiger partial charge in [0, 0.05) is 39.7 Å². The van der Waals surface area contributed by atoms with Gasteiger partial charge >= 0.3 is 5.97 Å². The largest absolute Gasteiger partial charge is 0.493 e. The quantitative estimate of drug-likeness (QED) is 0.161. The van der Waals surface area contributed by atoms with Crippen molar-refractivity contribution < 1.29 is 19.4 Å². The van der Waals surface area contributed by atoms with Gasteiger partial charge in [-0.1, -0.05) is 72.3 Å². The highest BCUT2D eigenvalue weighted by Gasteiger charge is 2.23. The third kappa shape index (κ3) is 5.31. The van der Waals surface area contributed by atoms with E-state index in [-0.39, 0.29) is 12.3 Å². The van der Waals surface area contributed by atoms with Crippen LogP contribution in [0, 0.1) is 6.92 Å². The molecule has 212 valence electrons. The van der Waals surface area contributed by atoms with Gasteiger partial charge in [-0.3, -0.25) is 4.68 Å². The molecule has 0 saturated carbocycles. The molecule has 0 bridgehead atoms. The number of carboxylic acids is 1. The lowest BCUT2D eigenvalue weighted by Gasteiger charge is -2.10. The Morgan fingerprint density at radius 2 is 1.74 bits per heavy atom. The van der Waals surface area contributed by atoms with Crippen molar-refractivity contribution in [1.82, 2.24) is 14.8 Å². The number of rotatable bonds is 10. The van der Waals surface area contributed by atoms with Gasteiger partial charge < -0.3 is 19.6 Å². The summed E-state index contributed by atoms with van der Waals surface area (Å²) in [6, 6.07) is 27.3. The highest BCUT2D eigenvalue weighted by atomic mass is 35.5. The van der Waals surface area contributed by atoms with Gasteiger partial charge in [0.15, 0.2) is 0 Å². The summed E-state index contributed by atoms with van der Waals surface area (Å²) in [7, 11) is 1.89. The first kappa shape index (κ1) is 27.4. The molecule has 2 aromatic heterocycles. The Morgan fingerprint density at radius 1 is 0.976 bits per heavy atom. The monoisotopic (exact) mass is 579 g/mol. The molecule has 2 N–H and O–H groups in total. The zero-order valence-corrected chi connectivity index (χ0v) is 24.1. The Morgan fingerprint density at radius 3 is 2.57 bits per heavy atom. The lowest BCUT2D eigenvalue weighted by atomic mass is 9.98. The average Bonchev–Trinajstić information content (AvgIpc) is 3.51. The van der Waals surface area contributed by atoms with Crippen molar-refractivity contribution in [1.29, 1.82) is 0 Å². The third-order valence-corrected chi connectivity index (χ3v) is 7.82. The molecule has 0 fully saturated rings. The standard InChI is InChI=1S/C34H30ClN3O4/c1-21-31(29(37-38(21)2)20-42-24-12-6-11-23(35)19-24)28-15-7-14-26-27(33(34(39)40)36-32(26)28)16-8-18-41-30-17-5-10-22-9-3-4-13-25(22)30/h3-7,9-15,17,19,36H,8,16,18,20H2,1-2H3,(H,39,40). The van der Waals surface area contributed by atoms with E-state index >= 15 is 0 Å². The highest BCUT2D eigenvalue weighted by molar-refractivity contribution is 6.30. The van der Waals surface area contributed by atoms with Gasteiger partial charge in [0.25, 0.3) is 0 Å². The minimum Gasteiger partial charge on any atom is -0.493 e. The number of benzene rings is 4. The van der Waals surface area contributed by atoms with Gasteiger partial charge in [-0.15, -0.1) is 0 Å². The fourth-order valence-corrected chi connectivity index (χ4v) is 5.69. The fourth-order valence-electron chi connectivity index (χ4n) is 5.51. The van der Waals surface area contributed by atoms with Gasteiger partial charge in [0.2, 0.25) is 0 Å². The normalized spacial score (nSPS) is 11.3. The van der Waals surface area contributed by atoms with Crippen LogP contribution in [0.1, 0.15) is 33.9 Å². The van der Waals surface area contributed by atoms with Gasteiger partial charge in [0.05, 0.1) is 12.1 Å². The SMILES string of the molecule is Cc1c(-c2cccc3c(CCCOc4cccc5ccccc45)c(C(=O)O)[nH]c23)c(COc2cccc(Cl)c2)nn1C. The number of aromatic nitrogens is 3. The van der Waals surface area contributed by atoms with Crippen molar-refractivity contribution in [3.63, 3.8) is 0 Å². The number of H-pyrrole nitrogens is 1. The van der Waals surface area contributed by atoms with E-state index in [4.69, 9.17) is 26.2 Å². The van der Waals surface area contributed by atoms with E-state index in [0.717, 1.165) is 55.5 Å². The van der Waals surface area contributed by atoms with Crippen molar-refractivity contribution >= 4 is 39.2 Å². The molecule has 0 aliphatic heterocycles.